The molecule has 0 aliphatic carbocycles. The SMILES string of the molecule is O=C(Cc1ccccc1)OCCCCCCCl. The molecule has 0 saturated carbocycles. The summed E-state index contributed by atoms with van der Waals surface area (Å²) in [5, 5.41) is 0. The predicted molar refractivity (Wildman–Crippen MR) is 70.3 cm³/mol. The maximum absolute atomic E-state index is 11.5. The lowest BCUT2D eigenvalue weighted by Crippen LogP contribution is -2.08. The van der Waals surface area contributed by atoms with Crippen LogP contribution in [0.3, 0.4) is 0 Å². The fourth-order valence-corrected chi connectivity index (χ4v) is 1.74. The normalized spacial score (nSPS) is 10.2. The van der Waals surface area contributed by atoms with E-state index in [2.05, 4.69) is 0 Å². The van der Waals surface area contributed by atoms with E-state index in [1.54, 1.807) is 0 Å². The Balaban J connectivity index is 2.06. The van der Waals surface area contributed by atoms with Crippen LogP contribution in [0.5, 0.6) is 0 Å². The van der Waals surface area contributed by atoms with Crippen molar-refractivity contribution >= 4 is 17.6 Å². The van der Waals surface area contributed by atoms with Gasteiger partial charge in [-0.1, -0.05) is 43.2 Å². The molecule has 0 bridgehead atoms. The van der Waals surface area contributed by atoms with Gasteiger partial charge in [-0.25, -0.2) is 0 Å². The van der Waals surface area contributed by atoms with E-state index < -0.39 is 0 Å². The summed E-state index contributed by atoms with van der Waals surface area (Å²) in [6.07, 6.45) is 4.52. The van der Waals surface area contributed by atoms with Crippen LogP contribution in [-0.2, 0) is 16.0 Å². The van der Waals surface area contributed by atoms with Crippen molar-refractivity contribution in [3.63, 3.8) is 0 Å². The summed E-state index contributed by atoms with van der Waals surface area (Å²) in [7, 11) is 0. The van der Waals surface area contributed by atoms with E-state index in [4.69, 9.17) is 16.3 Å². The number of benzene rings is 1. The van der Waals surface area contributed by atoms with Gasteiger partial charge in [-0.05, 0) is 18.4 Å². The zero-order valence-electron chi connectivity index (χ0n) is 10.0. The molecule has 0 radical (unpaired) electrons. The van der Waals surface area contributed by atoms with Crippen LogP contribution in [0.1, 0.15) is 31.2 Å². The molecule has 0 spiro atoms. The van der Waals surface area contributed by atoms with Crippen molar-refractivity contribution < 1.29 is 9.53 Å². The summed E-state index contributed by atoms with van der Waals surface area (Å²) in [6.45, 7) is 0.522. The maximum atomic E-state index is 11.5. The molecule has 0 aromatic heterocycles. The van der Waals surface area contributed by atoms with Crippen LogP contribution < -0.4 is 0 Å². The number of hydrogen-bond donors (Lipinski definition) is 0. The molecule has 0 fully saturated rings. The van der Waals surface area contributed by atoms with Crippen molar-refractivity contribution in [3.05, 3.63) is 35.9 Å². The molecular formula is C14H19ClO2. The van der Waals surface area contributed by atoms with E-state index in [1.165, 1.54) is 0 Å². The van der Waals surface area contributed by atoms with Crippen LogP contribution in [0.15, 0.2) is 30.3 Å². The Morgan fingerprint density at radius 1 is 1.06 bits per heavy atom. The van der Waals surface area contributed by atoms with Crippen molar-refractivity contribution in [3.8, 4) is 0 Å². The van der Waals surface area contributed by atoms with Gasteiger partial charge in [-0.3, -0.25) is 4.79 Å². The first-order valence-corrected chi connectivity index (χ1v) is 6.62. The molecule has 0 unspecified atom stereocenters. The van der Waals surface area contributed by atoms with Crippen molar-refractivity contribution in [1.29, 1.82) is 0 Å². The van der Waals surface area contributed by atoms with Crippen LogP contribution >= 0.6 is 11.6 Å². The number of halogens is 1. The molecule has 0 saturated heterocycles. The van der Waals surface area contributed by atoms with Gasteiger partial charge in [0.15, 0.2) is 0 Å². The fourth-order valence-electron chi connectivity index (χ4n) is 1.55. The zero-order chi connectivity index (χ0) is 12.3. The fraction of sp³-hybridized carbons (Fsp3) is 0.500. The van der Waals surface area contributed by atoms with E-state index >= 15 is 0 Å². The third-order valence-corrected chi connectivity index (χ3v) is 2.75. The van der Waals surface area contributed by atoms with E-state index in [0.717, 1.165) is 31.2 Å². The highest BCUT2D eigenvalue weighted by Crippen LogP contribution is 2.03. The summed E-state index contributed by atoms with van der Waals surface area (Å²) in [6, 6.07) is 9.65. The number of rotatable bonds is 8. The van der Waals surface area contributed by atoms with Gasteiger partial charge in [0.2, 0.25) is 0 Å². The van der Waals surface area contributed by atoms with Crippen LogP contribution in [0.25, 0.3) is 0 Å². The maximum Gasteiger partial charge on any atom is 0.310 e. The molecule has 0 aliphatic rings. The average Bonchev–Trinajstić information content (AvgIpc) is 2.35. The lowest BCUT2D eigenvalue weighted by Gasteiger charge is -2.04. The van der Waals surface area contributed by atoms with E-state index in [0.29, 0.717) is 18.9 Å². The van der Waals surface area contributed by atoms with Gasteiger partial charge in [-0.15, -0.1) is 11.6 Å². The topological polar surface area (TPSA) is 26.3 Å². The highest BCUT2D eigenvalue weighted by Gasteiger charge is 2.03. The number of unbranched alkanes of at least 4 members (excludes halogenated alkanes) is 3. The molecule has 0 aliphatic heterocycles. The Kier molecular flexibility index (Phi) is 7.48. The first kappa shape index (κ1) is 14.0. The lowest BCUT2D eigenvalue weighted by molar-refractivity contribution is -0.142. The number of esters is 1. The van der Waals surface area contributed by atoms with Gasteiger partial charge in [0.25, 0.3) is 0 Å². The Hall–Kier alpha value is -1.02. The van der Waals surface area contributed by atoms with Crippen molar-refractivity contribution in [2.45, 2.75) is 32.1 Å². The summed E-state index contributed by atoms with van der Waals surface area (Å²) >= 11 is 5.57. The Labute approximate surface area is 108 Å². The van der Waals surface area contributed by atoms with Crippen molar-refractivity contribution in [2.75, 3.05) is 12.5 Å². The molecule has 1 aromatic carbocycles. The molecule has 3 heteroatoms. The lowest BCUT2D eigenvalue weighted by atomic mass is 10.1. The molecule has 94 valence electrons. The number of hydrogen-bond acceptors (Lipinski definition) is 2. The van der Waals surface area contributed by atoms with Gasteiger partial charge in [-0.2, -0.15) is 0 Å². The van der Waals surface area contributed by atoms with Crippen LogP contribution in [-0.4, -0.2) is 18.5 Å². The summed E-state index contributed by atoms with van der Waals surface area (Å²) in [5.41, 5.74) is 1.000. The summed E-state index contributed by atoms with van der Waals surface area (Å²) in [4.78, 5) is 11.5. The van der Waals surface area contributed by atoms with Gasteiger partial charge in [0, 0.05) is 5.88 Å². The van der Waals surface area contributed by atoms with Gasteiger partial charge >= 0.3 is 5.97 Å². The Bertz CT molecular complexity index is 311. The minimum absolute atomic E-state index is 0.145. The summed E-state index contributed by atoms with van der Waals surface area (Å²) in [5.74, 6) is 0.571. The highest BCUT2D eigenvalue weighted by atomic mass is 35.5. The average molecular weight is 255 g/mol. The first-order chi connectivity index (χ1) is 8.33. The van der Waals surface area contributed by atoms with Crippen LogP contribution in [0.4, 0.5) is 0 Å². The second-order valence-corrected chi connectivity index (χ2v) is 4.36. The van der Waals surface area contributed by atoms with Gasteiger partial charge in [0.05, 0.1) is 13.0 Å². The van der Waals surface area contributed by atoms with Crippen molar-refractivity contribution in [2.24, 2.45) is 0 Å². The second-order valence-electron chi connectivity index (χ2n) is 3.99. The molecule has 0 atom stereocenters. The number of carbonyl (C=O) groups excluding carboxylic acids is 1. The minimum atomic E-state index is -0.145. The highest BCUT2D eigenvalue weighted by molar-refractivity contribution is 6.17. The van der Waals surface area contributed by atoms with Crippen LogP contribution in [0.2, 0.25) is 0 Å². The van der Waals surface area contributed by atoms with E-state index in [9.17, 15) is 4.79 Å². The quantitative estimate of drug-likeness (QED) is 0.403. The third kappa shape index (κ3) is 7.01. The Morgan fingerprint density at radius 2 is 1.76 bits per heavy atom. The predicted octanol–water partition coefficient (Wildman–Crippen LogP) is 3.57. The van der Waals surface area contributed by atoms with Gasteiger partial charge < -0.3 is 4.74 Å². The van der Waals surface area contributed by atoms with Crippen LogP contribution in [0, 0.1) is 0 Å². The number of ether oxygens (including phenoxy) is 1. The molecule has 0 amide bonds. The Morgan fingerprint density at radius 3 is 2.47 bits per heavy atom. The zero-order valence-corrected chi connectivity index (χ0v) is 10.8. The number of alkyl halides is 1. The summed E-state index contributed by atoms with van der Waals surface area (Å²) < 4.78 is 5.15. The van der Waals surface area contributed by atoms with E-state index in [1.807, 2.05) is 30.3 Å². The third-order valence-electron chi connectivity index (χ3n) is 2.48. The molecule has 0 N–H and O–H groups in total. The second kappa shape index (κ2) is 9.06. The van der Waals surface area contributed by atoms with E-state index in [-0.39, 0.29) is 5.97 Å². The first-order valence-electron chi connectivity index (χ1n) is 6.08. The van der Waals surface area contributed by atoms with Gasteiger partial charge in [0.1, 0.15) is 0 Å². The molecule has 2 nitrogen and oxygen atoms in total. The minimum Gasteiger partial charge on any atom is -0.465 e. The standard InChI is InChI=1S/C14H19ClO2/c15-10-6-1-2-7-11-17-14(16)12-13-8-4-3-5-9-13/h3-5,8-9H,1-2,6-7,10-12H2. The van der Waals surface area contributed by atoms with Crippen molar-refractivity contribution in [1.82, 2.24) is 0 Å². The molecule has 1 rings (SSSR count). The largest absolute Gasteiger partial charge is 0.465 e. The monoisotopic (exact) mass is 254 g/mol. The molecular weight excluding hydrogens is 236 g/mol. The molecule has 1 aromatic rings. The number of carbonyl (C=O) groups is 1. The smallest absolute Gasteiger partial charge is 0.310 e. The molecule has 0 heterocycles. The molecule has 17 heavy (non-hydrogen) atoms.